The molecule has 0 aromatic heterocycles. The van der Waals surface area contributed by atoms with E-state index in [9.17, 15) is 18.0 Å². The average Bonchev–Trinajstić information content (AvgIpc) is 2.27. The molecule has 0 unspecified atom stereocenters. The van der Waals surface area contributed by atoms with Crippen molar-refractivity contribution >= 4 is 23.2 Å². The van der Waals surface area contributed by atoms with Crippen LogP contribution in [0.4, 0.5) is 18.9 Å². The van der Waals surface area contributed by atoms with Crippen LogP contribution in [0.2, 0.25) is 5.02 Å². The molecule has 0 heterocycles. The van der Waals surface area contributed by atoms with Crippen LogP contribution in [0.25, 0.3) is 0 Å². The minimum Gasteiger partial charge on any atom is -0.398 e. The van der Waals surface area contributed by atoms with Crippen LogP contribution in [-0.4, -0.2) is 30.6 Å². The van der Waals surface area contributed by atoms with Crippen molar-refractivity contribution in [2.75, 3.05) is 19.3 Å². The van der Waals surface area contributed by atoms with Crippen LogP contribution in [0, 0.1) is 0 Å². The molecule has 3 nitrogen and oxygen atoms in total. The van der Waals surface area contributed by atoms with Gasteiger partial charge in [-0.1, -0.05) is 11.6 Å². The molecular weight excluding hydrogens is 269 g/mol. The molecule has 1 rings (SSSR count). The monoisotopic (exact) mass is 280 g/mol. The number of alkyl halides is 3. The fourth-order valence-corrected chi connectivity index (χ4v) is 1.49. The lowest BCUT2D eigenvalue weighted by Gasteiger charge is -2.19. The molecule has 0 fully saturated rings. The average molecular weight is 281 g/mol. The number of nitrogens with two attached hydrogens (primary N) is 1. The van der Waals surface area contributed by atoms with Crippen LogP contribution in [0.3, 0.4) is 0 Å². The van der Waals surface area contributed by atoms with Gasteiger partial charge >= 0.3 is 6.18 Å². The Hall–Kier alpha value is -1.43. The molecule has 0 saturated heterocycles. The summed E-state index contributed by atoms with van der Waals surface area (Å²) in [7, 11) is 1.29. The molecule has 0 aliphatic heterocycles. The first-order valence-corrected chi connectivity index (χ1v) is 5.46. The highest BCUT2D eigenvalue weighted by Gasteiger charge is 2.28. The summed E-state index contributed by atoms with van der Waals surface area (Å²) in [4.78, 5) is 12.8. The van der Waals surface area contributed by atoms with E-state index in [1.165, 1.54) is 25.2 Å². The Morgan fingerprint density at radius 1 is 1.44 bits per heavy atom. The van der Waals surface area contributed by atoms with Crippen LogP contribution in [0.5, 0.6) is 0 Å². The summed E-state index contributed by atoms with van der Waals surface area (Å²) >= 11 is 5.71. The summed E-state index contributed by atoms with van der Waals surface area (Å²) in [5, 5.41) is 0.303. The quantitative estimate of drug-likeness (QED) is 0.865. The lowest BCUT2D eigenvalue weighted by Crippen LogP contribution is -2.31. The molecule has 0 atom stereocenters. The van der Waals surface area contributed by atoms with E-state index >= 15 is 0 Å². The third kappa shape index (κ3) is 4.10. The van der Waals surface area contributed by atoms with Gasteiger partial charge in [-0.25, -0.2) is 0 Å². The van der Waals surface area contributed by atoms with Gasteiger partial charge in [0.25, 0.3) is 5.91 Å². The van der Waals surface area contributed by atoms with E-state index < -0.39 is 25.0 Å². The van der Waals surface area contributed by atoms with E-state index in [1.807, 2.05) is 0 Å². The summed E-state index contributed by atoms with van der Waals surface area (Å²) in [5.74, 6) is -0.584. The van der Waals surface area contributed by atoms with E-state index in [0.717, 1.165) is 4.90 Å². The topological polar surface area (TPSA) is 46.3 Å². The van der Waals surface area contributed by atoms with Gasteiger partial charge in [0.05, 0.1) is 12.0 Å². The number of benzene rings is 1. The molecule has 1 aromatic carbocycles. The molecule has 0 aliphatic rings. The number of carbonyl (C=O) groups excluding carboxylic acids is 1. The normalized spacial score (nSPS) is 11.4. The van der Waals surface area contributed by atoms with Gasteiger partial charge in [0.15, 0.2) is 0 Å². The van der Waals surface area contributed by atoms with Crippen molar-refractivity contribution in [2.45, 2.75) is 12.6 Å². The molecule has 2 N–H and O–H groups in total. The highest BCUT2D eigenvalue weighted by atomic mass is 35.5. The van der Waals surface area contributed by atoms with E-state index in [1.54, 1.807) is 0 Å². The number of amides is 1. The molecule has 100 valence electrons. The van der Waals surface area contributed by atoms with Crippen molar-refractivity contribution in [2.24, 2.45) is 0 Å². The SMILES string of the molecule is CN(CCC(F)(F)F)C(=O)c1cc(Cl)ccc1N. The minimum absolute atomic E-state index is 0.104. The van der Waals surface area contributed by atoms with Gasteiger partial charge in [-0.05, 0) is 18.2 Å². The van der Waals surface area contributed by atoms with E-state index in [2.05, 4.69) is 0 Å². The van der Waals surface area contributed by atoms with Crippen LogP contribution in [0.1, 0.15) is 16.8 Å². The van der Waals surface area contributed by atoms with E-state index in [0.29, 0.717) is 5.02 Å². The Morgan fingerprint density at radius 3 is 2.61 bits per heavy atom. The van der Waals surface area contributed by atoms with Gasteiger partial charge in [-0.2, -0.15) is 13.2 Å². The fraction of sp³-hybridized carbons (Fsp3) is 0.364. The van der Waals surface area contributed by atoms with E-state index in [-0.39, 0.29) is 11.3 Å². The molecule has 0 radical (unpaired) electrons. The zero-order valence-electron chi connectivity index (χ0n) is 9.59. The number of hydrogen-bond donors (Lipinski definition) is 1. The smallest absolute Gasteiger partial charge is 0.390 e. The highest BCUT2D eigenvalue weighted by Crippen LogP contribution is 2.22. The number of rotatable bonds is 3. The molecule has 1 aromatic rings. The third-order valence-corrected chi connectivity index (χ3v) is 2.56. The number of nitrogen functional groups attached to an aromatic ring is 1. The van der Waals surface area contributed by atoms with Crippen molar-refractivity contribution in [1.82, 2.24) is 4.90 Å². The minimum atomic E-state index is -4.30. The third-order valence-electron chi connectivity index (χ3n) is 2.32. The summed E-state index contributed by atoms with van der Waals surface area (Å²) < 4.78 is 36.1. The van der Waals surface area contributed by atoms with Gasteiger partial charge in [0.1, 0.15) is 0 Å². The molecular formula is C11H12ClF3N2O. The number of anilines is 1. The Balaban J connectivity index is 2.77. The fourth-order valence-electron chi connectivity index (χ4n) is 1.32. The van der Waals surface area contributed by atoms with Crippen molar-refractivity contribution in [3.8, 4) is 0 Å². The van der Waals surface area contributed by atoms with Crippen LogP contribution in [0.15, 0.2) is 18.2 Å². The molecule has 18 heavy (non-hydrogen) atoms. The molecule has 0 aliphatic carbocycles. The van der Waals surface area contributed by atoms with Crippen molar-refractivity contribution in [1.29, 1.82) is 0 Å². The Bertz CT molecular complexity index is 448. The first kappa shape index (κ1) is 14.6. The maximum Gasteiger partial charge on any atom is 0.390 e. The number of nitrogens with zero attached hydrogens (tertiary/aromatic N) is 1. The van der Waals surface area contributed by atoms with Crippen molar-refractivity contribution < 1.29 is 18.0 Å². The maximum absolute atomic E-state index is 12.0. The summed E-state index contributed by atoms with van der Waals surface area (Å²) in [6.07, 6.45) is -5.36. The standard InChI is InChI=1S/C11H12ClF3N2O/c1-17(5-4-11(13,14)15)10(18)8-6-7(12)2-3-9(8)16/h2-3,6H,4-5,16H2,1H3. The summed E-state index contributed by atoms with van der Waals surface area (Å²) in [5.41, 5.74) is 5.87. The predicted molar refractivity (Wildman–Crippen MR) is 63.5 cm³/mol. The molecule has 0 spiro atoms. The van der Waals surface area contributed by atoms with Crippen molar-refractivity contribution in [3.63, 3.8) is 0 Å². The van der Waals surface area contributed by atoms with Crippen LogP contribution >= 0.6 is 11.6 Å². The number of halogens is 4. The summed E-state index contributed by atoms with van der Waals surface area (Å²) in [6, 6.07) is 4.28. The summed E-state index contributed by atoms with van der Waals surface area (Å²) in [6.45, 7) is -0.422. The second-order valence-corrected chi connectivity index (χ2v) is 4.26. The van der Waals surface area contributed by atoms with Gasteiger partial charge in [-0.15, -0.1) is 0 Å². The zero-order valence-corrected chi connectivity index (χ0v) is 10.3. The first-order valence-electron chi connectivity index (χ1n) is 5.08. The van der Waals surface area contributed by atoms with Gasteiger partial charge < -0.3 is 10.6 Å². The Morgan fingerprint density at radius 2 is 2.06 bits per heavy atom. The Kier molecular flexibility index (Phi) is 4.45. The second-order valence-electron chi connectivity index (χ2n) is 3.82. The number of carbonyl (C=O) groups is 1. The molecule has 1 amide bonds. The van der Waals surface area contributed by atoms with Gasteiger partial charge in [0.2, 0.25) is 0 Å². The van der Waals surface area contributed by atoms with Crippen LogP contribution < -0.4 is 5.73 Å². The maximum atomic E-state index is 12.0. The lowest BCUT2D eigenvalue weighted by atomic mass is 10.1. The van der Waals surface area contributed by atoms with E-state index in [4.69, 9.17) is 17.3 Å². The van der Waals surface area contributed by atoms with Crippen molar-refractivity contribution in [3.05, 3.63) is 28.8 Å². The first-order chi connectivity index (χ1) is 8.20. The largest absolute Gasteiger partial charge is 0.398 e. The predicted octanol–water partition coefficient (Wildman–Crippen LogP) is 2.95. The lowest BCUT2D eigenvalue weighted by molar-refractivity contribution is -0.136. The molecule has 0 saturated carbocycles. The van der Waals surface area contributed by atoms with Crippen LogP contribution in [-0.2, 0) is 0 Å². The van der Waals surface area contributed by atoms with Gasteiger partial charge in [-0.3, -0.25) is 4.79 Å². The zero-order chi connectivity index (χ0) is 13.9. The number of hydrogen-bond acceptors (Lipinski definition) is 2. The molecule has 0 bridgehead atoms. The Labute approximate surface area is 107 Å². The second kappa shape index (κ2) is 5.48. The highest BCUT2D eigenvalue weighted by molar-refractivity contribution is 6.31. The van der Waals surface area contributed by atoms with Gasteiger partial charge in [0, 0.05) is 24.3 Å². The molecule has 7 heteroatoms.